The van der Waals surface area contributed by atoms with Gasteiger partial charge in [-0.3, -0.25) is 14.4 Å². The van der Waals surface area contributed by atoms with Crippen molar-refractivity contribution in [2.75, 3.05) is 37.7 Å². The number of rotatable bonds is 7. The van der Waals surface area contributed by atoms with Gasteiger partial charge in [0.2, 0.25) is 11.6 Å². The van der Waals surface area contributed by atoms with Crippen LogP contribution in [-0.2, 0) is 9.53 Å². The van der Waals surface area contributed by atoms with Crippen LogP contribution in [0.1, 0.15) is 31.1 Å². The van der Waals surface area contributed by atoms with Gasteiger partial charge in [0.05, 0.1) is 5.56 Å². The summed E-state index contributed by atoms with van der Waals surface area (Å²) in [5.74, 6) is -2.18. The second-order valence-electron chi connectivity index (χ2n) is 7.88. The number of piperazine rings is 1. The maximum Gasteiger partial charge on any atom is 0.338 e. The third kappa shape index (κ3) is 5.38. The van der Waals surface area contributed by atoms with Crippen molar-refractivity contribution in [1.29, 1.82) is 0 Å². The van der Waals surface area contributed by atoms with Gasteiger partial charge in [0, 0.05) is 43.0 Å². The Morgan fingerprint density at radius 2 is 1.12 bits per heavy atom. The maximum atomic E-state index is 12.5. The van der Waals surface area contributed by atoms with Crippen LogP contribution in [0.25, 0.3) is 0 Å². The van der Waals surface area contributed by atoms with Crippen molar-refractivity contribution in [1.82, 2.24) is 4.90 Å². The van der Waals surface area contributed by atoms with Crippen LogP contribution in [0, 0.1) is 0 Å². The Bertz CT molecular complexity index is 1170. The summed E-state index contributed by atoms with van der Waals surface area (Å²) in [6.07, 6.45) is 0. The number of benzene rings is 3. The molecular weight excluding hydrogens is 432 g/mol. The lowest BCUT2D eigenvalue weighted by Crippen LogP contribution is -2.49. The summed E-state index contributed by atoms with van der Waals surface area (Å²) in [6, 6.07) is 23.9. The minimum absolute atomic E-state index is 0.178. The maximum absolute atomic E-state index is 12.5. The molecule has 4 rings (SSSR count). The Morgan fingerprint density at radius 3 is 1.71 bits per heavy atom. The van der Waals surface area contributed by atoms with E-state index in [2.05, 4.69) is 4.90 Å². The molecule has 3 aromatic rings. The Morgan fingerprint density at radius 1 is 0.618 bits per heavy atom. The number of para-hydroxylation sites is 1. The van der Waals surface area contributed by atoms with Crippen molar-refractivity contribution in [3.8, 4) is 0 Å². The number of hydrogen-bond donors (Lipinski definition) is 0. The van der Waals surface area contributed by atoms with E-state index in [9.17, 15) is 19.2 Å². The molecule has 0 atom stereocenters. The molecule has 0 aromatic heterocycles. The van der Waals surface area contributed by atoms with Gasteiger partial charge in [0.25, 0.3) is 5.91 Å². The number of Topliss-reactive ketones (excluding diaryl/α,β-unsaturated/α-hetero) is 2. The first-order valence-electron chi connectivity index (χ1n) is 11.0. The predicted octanol–water partition coefficient (Wildman–Crippen LogP) is 3.26. The fourth-order valence-electron chi connectivity index (χ4n) is 3.76. The van der Waals surface area contributed by atoms with Gasteiger partial charge in [-0.05, 0) is 24.3 Å². The predicted molar refractivity (Wildman–Crippen MR) is 127 cm³/mol. The van der Waals surface area contributed by atoms with Crippen molar-refractivity contribution < 1.29 is 23.9 Å². The summed E-state index contributed by atoms with van der Waals surface area (Å²) in [6.45, 7) is 2.17. The van der Waals surface area contributed by atoms with Crippen LogP contribution in [0.15, 0.2) is 84.9 Å². The van der Waals surface area contributed by atoms with E-state index < -0.39 is 17.5 Å². The summed E-state index contributed by atoms with van der Waals surface area (Å²) in [5.41, 5.74) is 1.80. The van der Waals surface area contributed by atoms with Crippen LogP contribution in [0.2, 0.25) is 0 Å². The zero-order valence-electron chi connectivity index (χ0n) is 18.6. The van der Waals surface area contributed by atoms with Gasteiger partial charge in [0.15, 0.2) is 6.61 Å². The molecule has 7 heteroatoms. The molecule has 7 nitrogen and oxygen atoms in total. The number of hydrogen-bond acceptors (Lipinski definition) is 6. The minimum Gasteiger partial charge on any atom is -0.452 e. The highest BCUT2D eigenvalue weighted by Crippen LogP contribution is 2.16. The first-order valence-corrected chi connectivity index (χ1v) is 11.0. The molecule has 172 valence electrons. The summed E-state index contributed by atoms with van der Waals surface area (Å²) in [5, 5.41) is 0. The fourth-order valence-corrected chi connectivity index (χ4v) is 3.76. The van der Waals surface area contributed by atoms with Gasteiger partial charge in [-0.2, -0.15) is 0 Å². The molecule has 0 saturated carbocycles. The molecule has 0 bridgehead atoms. The lowest BCUT2D eigenvalue weighted by atomic mass is 10.0. The van der Waals surface area contributed by atoms with Crippen LogP contribution in [-0.4, -0.2) is 61.1 Å². The van der Waals surface area contributed by atoms with E-state index in [1.807, 2.05) is 30.3 Å². The lowest BCUT2D eigenvalue weighted by Gasteiger charge is -2.36. The van der Waals surface area contributed by atoms with Gasteiger partial charge in [-0.25, -0.2) is 4.79 Å². The van der Waals surface area contributed by atoms with Crippen molar-refractivity contribution in [2.45, 2.75) is 0 Å². The van der Waals surface area contributed by atoms with Crippen molar-refractivity contribution in [3.05, 3.63) is 102 Å². The topological polar surface area (TPSA) is 84.0 Å². The molecule has 0 unspecified atom stereocenters. The molecule has 34 heavy (non-hydrogen) atoms. The summed E-state index contributed by atoms with van der Waals surface area (Å²) in [4.78, 5) is 53.4. The number of carbonyl (C=O) groups is 4. The first kappa shape index (κ1) is 22.9. The number of nitrogens with zero attached hydrogens (tertiary/aromatic N) is 2. The largest absolute Gasteiger partial charge is 0.452 e. The summed E-state index contributed by atoms with van der Waals surface area (Å²) < 4.78 is 5.18. The number of carbonyl (C=O) groups excluding carboxylic acids is 4. The van der Waals surface area contributed by atoms with Crippen molar-refractivity contribution in [2.24, 2.45) is 0 Å². The molecule has 1 aliphatic rings. The first-order chi connectivity index (χ1) is 16.5. The SMILES string of the molecule is O=C(OCC(=O)N1CCN(c2ccccc2)CC1)c1ccc(C(=O)C(=O)c2ccccc2)cc1. The van der Waals surface area contributed by atoms with E-state index >= 15 is 0 Å². The third-order valence-electron chi connectivity index (χ3n) is 5.71. The zero-order valence-corrected chi connectivity index (χ0v) is 18.6. The smallest absolute Gasteiger partial charge is 0.338 e. The molecule has 1 fully saturated rings. The number of anilines is 1. The number of ketones is 2. The standard InChI is InChI=1S/C27H24N2O5/c30-24(29-17-15-28(16-18-29)23-9-5-2-6-10-23)19-34-27(33)22-13-11-21(12-14-22)26(32)25(31)20-7-3-1-4-8-20/h1-14H,15-19H2. The van der Waals surface area contributed by atoms with Gasteiger partial charge in [-0.15, -0.1) is 0 Å². The van der Waals surface area contributed by atoms with Crippen LogP contribution in [0.4, 0.5) is 5.69 Å². The minimum atomic E-state index is -0.662. The van der Waals surface area contributed by atoms with Crippen molar-refractivity contribution >= 4 is 29.1 Å². The van der Waals surface area contributed by atoms with Crippen LogP contribution in [0.5, 0.6) is 0 Å². The van der Waals surface area contributed by atoms with Crippen LogP contribution < -0.4 is 4.90 Å². The molecule has 1 saturated heterocycles. The van der Waals surface area contributed by atoms with E-state index in [-0.39, 0.29) is 23.6 Å². The van der Waals surface area contributed by atoms with E-state index in [0.717, 1.165) is 5.69 Å². The van der Waals surface area contributed by atoms with Gasteiger partial charge >= 0.3 is 5.97 Å². The molecule has 0 radical (unpaired) electrons. The average molecular weight is 456 g/mol. The van der Waals surface area contributed by atoms with E-state index in [0.29, 0.717) is 31.7 Å². The van der Waals surface area contributed by atoms with E-state index in [1.165, 1.54) is 24.3 Å². The molecule has 1 heterocycles. The Kier molecular flexibility index (Phi) is 7.13. The Labute approximate surface area is 197 Å². The number of esters is 1. The lowest BCUT2D eigenvalue weighted by molar-refractivity contribution is -0.134. The van der Waals surface area contributed by atoms with Crippen LogP contribution >= 0.6 is 0 Å². The summed E-state index contributed by atoms with van der Waals surface area (Å²) in [7, 11) is 0. The number of ether oxygens (including phenoxy) is 1. The molecule has 0 N–H and O–H groups in total. The molecule has 1 aliphatic heterocycles. The molecule has 1 amide bonds. The van der Waals surface area contributed by atoms with Crippen LogP contribution in [0.3, 0.4) is 0 Å². The van der Waals surface area contributed by atoms with Gasteiger partial charge in [0.1, 0.15) is 0 Å². The second kappa shape index (κ2) is 10.6. The highest BCUT2D eigenvalue weighted by molar-refractivity contribution is 6.49. The normalized spacial score (nSPS) is 13.3. The van der Waals surface area contributed by atoms with Gasteiger partial charge < -0.3 is 14.5 Å². The quantitative estimate of drug-likeness (QED) is 0.308. The van der Waals surface area contributed by atoms with E-state index in [1.54, 1.807) is 35.2 Å². The molecule has 0 spiro atoms. The average Bonchev–Trinajstić information content (AvgIpc) is 2.92. The van der Waals surface area contributed by atoms with Crippen molar-refractivity contribution in [3.63, 3.8) is 0 Å². The number of amides is 1. The Balaban J connectivity index is 1.26. The molecule has 0 aliphatic carbocycles. The summed E-state index contributed by atoms with van der Waals surface area (Å²) >= 11 is 0. The Hall–Kier alpha value is -4.26. The highest BCUT2D eigenvalue weighted by atomic mass is 16.5. The molecular formula is C27H24N2O5. The zero-order chi connectivity index (χ0) is 23.9. The fraction of sp³-hybridized carbons (Fsp3) is 0.185. The third-order valence-corrected chi connectivity index (χ3v) is 5.71. The monoisotopic (exact) mass is 456 g/mol. The second-order valence-corrected chi connectivity index (χ2v) is 7.88. The van der Waals surface area contributed by atoms with E-state index in [4.69, 9.17) is 4.74 Å². The molecule has 3 aromatic carbocycles. The van der Waals surface area contributed by atoms with Gasteiger partial charge in [-0.1, -0.05) is 60.7 Å². The highest BCUT2D eigenvalue weighted by Gasteiger charge is 2.23.